The number of halogens is 1. The number of aryl methyl sites for hydroxylation is 2. The monoisotopic (exact) mass is 609 g/mol. The zero-order valence-electron chi connectivity index (χ0n) is 26.1. The minimum absolute atomic E-state index is 0.118. The lowest BCUT2D eigenvalue weighted by molar-refractivity contribution is 0.0196. The van der Waals surface area contributed by atoms with Gasteiger partial charge in [-0.3, -0.25) is 9.69 Å². The Balaban J connectivity index is 1.41. The van der Waals surface area contributed by atoms with Gasteiger partial charge in [0, 0.05) is 36.4 Å². The summed E-state index contributed by atoms with van der Waals surface area (Å²) in [7, 11) is 0. The van der Waals surface area contributed by atoms with Gasteiger partial charge in [0.15, 0.2) is 5.65 Å². The third kappa shape index (κ3) is 5.94. The molecule has 1 aliphatic heterocycles. The Morgan fingerprint density at radius 2 is 1.93 bits per heavy atom. The lowest BCUT2D eigenvalue weighted by Crippen LogP contribution is -2.53. The quantitative estimate of drug-likeness (QED) is 0.226. The number of aromatic nitrogens is 5. The first-order valence-corrected chi connectivity index (χ1v) is 15.2. The predicted molar refractivity (Wildman–Crippen MR) is 170 cm³/mol. The van der Waals surface area contributed by atoms with Gasteiger partial charge in [0.05, 0.1) is 17.3 Å². The Hall–Kier alpha value is -4.93. The maximum absolute atomic E-state index is 16.0. The summed E-state index contributed by atoms with van der Waals surface area (Å²) in [6, 6.07) is 15.4. The van der Waals surface area contributed by atoms with E-state index in [1.54, 1.807) is 22.1 Å². The van der Waals surface area contributed by atoms with Crippen LogP contribution in [0.2, 0.25) is 0 Å². The summed E-state index contributed by atoms with van der Waals surface area (Å²) < 4.78 is 23.1. The molecule has 1 saturated heterocycles. The normalized spacial score (nSPS) is 15.4. The lowest BCUT2D eigenvalue weighted by Gasteiger charge is -2.39. The van der Waals surface area contributed by atoms with Crippen LogP contribution in [0.25, 0.3) is 27.6 Å². The second-order valence-electron chi connectivity index (χ2n) is 12.4. The van der Waals surface area contributed by atoms with Crippen LogP contribution < -0.4 is 4.90 Å². The summed E-state index contributed by atoms with van der Waals surface area (Å²) in [5.74, 6) is -0.837. The number of anilines is 1. The minimum atomic E-state index is -0.713. The van der Waals surface area contributed by atoms with E-state index in [2.05, 4.69) is 20.3 Å². The van der Waals surface area contributed by atoms with Crippen molar-refractivity contribution in [1.82, 2.24) is 29.9 Å². The fraction of sp³-hybridized carbons (Fsp3) is 0.353. The van der Waals surface area contributed by atoms with E-state index in [4.69, 9.17) is 4.74 Å². The number of hydrogen-bond acceptors (Lipinski definition) is 7. The Labute approximate surface area is 260 Å². The number of piperidine rings is 1. The molecule has 1 atom stereocenters. The molecule has 4 heterocycles. The highest BCUT2D eigenvalue weighted by Crippen LogP contribution is 2.33. The highest BCUT2D eigenvalue weighted by molar-refractivity contribution is 6.11. The van der Waals surface area contributed by atoms with Gasteiger partial charge in [-0.2, -0.15) is 4.68 Å². The van der Waals surface area contributed by atoms with Gasteiger partial charge < -0.3 is 9.64 Å². The molecule has 2 aromatic carbocycles. The molecule has 10 nitrogen and oxygen atoms in total. The third-order valence-corrected chi connectivity index (χ3v) is 7.98. The van der Waals surface area contributed by atoms with E-state index in [0.29, 0.717) is 42.1 Å². The molecule has 0 spiro atoms. The maximum Gasteiger partial charge on any atom is 0.410 e. The molecule has 0 radical (unpaired) electrons. The first-order chi connectivity index (χ1) is 21.5. The Bertz CT molecular complexity index is 1910. The summed E-state index contributed by atoms with van der Waals surface area (Å²) in [6.07, 6.45) is 3.18. The molecule has 3 aromatic heterocycles. The molecule has 6 rings (SSSR count). The molecule has 11 heteroatoms. The fourth-order valence-electron chi connectivity index (χ4n) is 5.82. The van der Waals surface area contributed by atoms with Crippen molar-refractivity contribution < 1.29 is 18.7 Å². The molecule has 1 fully saturated rings. The zero-order valence-corrected chi connectivity index (χ0v) is 26.1. The van der Waals surface area contributed by atoms with E-state index >= 15 is 4.39 Å². The van der Waals surface area contributed by atoms with Crippen molar-refractivity contribution in [2.75, 3.05) is 18.0 Å². The number of likely N-dealkylation sites (tertiary alicyclic amines) is 1. The van der Waals surface area contributed by atoms with E-state index in [9.17, 15) is 9.59 Å². The van der Waals surface area contributed by atoms with E-state index in [1.807, 2.05) is 71.0 Å². The molecule has 45 heavy (non-hydrogen) atoms. The average molecular weight is 610 g/mol. The number of carbonyl (C=O) groups excluding carboxylic acids is 2. The molecule has 2 amide bonds. The molecule has 0 N–H and O–H groups in total. The minimum Gasteiger partial charge on any atom is -0.444 e. The number of rotatable bonds is 5. The number of fused-ring (bicyclic) bond motifs is 2. The van der Waals surface area contributed by atoms with Gasteiger partial charge >= 0.3 is 6.09 Å². The van der Waals surface area contributed by atoms with Crippen molar-refractivity contribution in [3.63, 3.8) is 0 Å². The topological polar surface area (TPSA) is 106 Å². The van der Waals surface area contributed by atoms with Crippen LogP contribution in [0.15, 0.2) is 60.8 Å². The largest absolute Gasteiger partial charge is 0.444 e. The van der Waals surface area contributed by atoms with Crippen LogP contribution in [0.3, 0.4) is 0 Å². The first-order valence-electron chi connectivity index (χ1n) is 15.2. The highest BCUT2D eigenvalue weighted by Gasteiger charge is 2.36. The summed E-state index contributed by atoms with van der Waals surface area (Å²) in [6.45, 7) is 10.1. The van der Waals surface area contributed by atoms with Gasteiger partial charge in [0.2, 0.25) is 0 Å². The summed E-state index contributed by atoms with van der Waals surface area (Å²) in [5.41, 5.74) is 2.50. The molecule has 0 unspecified atom stereocenters. The van der Waals surface area contributed by atoms with E-state index in [-0.39, 0.29) is 12.1 Å². The number of ether oxygens (including phenoxy) is 1. The van der Waals surface area contributed by atoms with Crippen LogP contribution in [-0.4, -0.2) is 66.6 Å². The SMILES string of the molecule is CCc1ccc2nnn(-c3ccc(C(=O)N(c4nccc5cccc(C)c45)[C@@H]4CCCN(C(=O)OC(C)(C)C)C4)c(F)c3)c2n1. The van der Waals surface area contributed by atoms with E-state index in [1.165, 1.54) is 16.8 Å². The van der Waals surface area contributed by atoms with E-state index in [0.717, 1.165) is 28.5 Å². The fourth-order valence-corrected chi connectivity index (χ4v) is 5.82. The standard InChI is InChI=1S/C34H36FN7O3/c1-6-23-12-15-28-30(37-23)42(39-38-28)24-13-14-26(27(35)19-24)32(43)41(31-29-21(2)9-7-10-22(29)16-17-36-31)25-11-8-18-40(20-25)33(44)45-34(3,4)5/h7,9-10,12-17,19,25H,6,8,11,18,20H2,1-5H3/t25-/m1/s1. The Morgan fingerprint density at radius 3 is 2.69 bits per heavy atom. The number of benzene rings is 2. The number of amides is 2. The Kier molecular flexibility index (Phi) is 7.94. The molecule has 232 valence electrons. The van der Waals surface area contributed by atoms with Crippen molar-refractivity contribution in [3.8, 4) is 5.69 Å². The van der Waals surface area contributed by atoms with Gasteiger partial charge in [-0.15, -0.1) is 5.10 Å². The number of pyridine rings is 2. The van der Waals surface area contributed by atoms with Crippen molar-refractivity contribution in [2.24, 2.45) is 0 Å². The summed E-state index contributed by atoms with van der Waals surface area (Å²) >= 11 is 0. The first kappa shape index (κ1) is 30.1. The number of hydrogen-bond donors (Lipinski definition) is 0. The van der Waals surface area contributed by atoms with Gasteiger partial charge in [-0.05, 0) is 88.2 Å². The van der Waals surface area contributed by atoms with Crippen LogP contribution in [0.1, 0.15) is 62.2 Å². The zero-order chi connectivity index (χ0) is 31.9. The molecule has 0 aliphatic carbocycles. The highest BCUT2D eigenvalue weighted by atomic mass is 19.1. The summed E-state index contributed by atoms with van der Waals surface area (Å²) in [4.78, 5) is 40.0. The third-order valence-electron chi connectivity index (χ3n) is 7.98. The molecular weight excluding hydrogens is 573 g/mol. The second-order valence-corrected chi connectivity index (χ2v) is 12.4. The van der Waals surface area contributed by atoms with Crippen molar-refractivity contribution in [1.29, 1.82) is 0 Å². The van der Waals surface area contributed by atoms with Crippen molar-refractivity contribution >= 4 is 39.8 Å². The van der Waals surface area contributed by atoms with Gasteiger partial charge in [0.1, 0.15) is 22.8 Å². The van der Waals surface area contributed by atoms with E-state index < -0.39 is 29.5 Å². The lowest BCUT2D eigenvalue weighted by atomic mass is 10.00. The molecule has 1 aliphatic rings. The maximum atomic E-state index is 16.0. The number of nitrogens with zero attached hydrogens (tertiary/aromatic N) is 7. The van der Waals surface area contributed by atoms with Gasteiger partial charge in [-0.25, -0.2) is 19.2 Å². The van der Waals surface area contributed by atoms with Crippen LogP contribution in [0.5, 0.6) is 0 Å². The molecular formula is C34H36FN7O3. The Morgan fingerprint density at radius 1 is 1.11 bits per heavy atom. The molecule has 0 saturated carbocycles. The van der Waals surface area contributed by atoms with Crippen LogP contribution >= 0.6 is 0 Å². The van der Waals surface area contributed by atoms with Crippen LogP contribution in [-0.2, 0) is 11.2 Å². The second kappa shape index (κ2) is 11.9. The smallest absolute Gasteiger partial charge is 0.410 e. The van der Waals surface area contributed by atoms with Crippen molar-refractivity contribution in [2.45, 2.75) is 65.5 Å². The van der Waals surface area contributed by atoms with Crippen LogP contribution in [0, 0.1) is 12.7 Å². The van der Waals surface area contributed by atoms with Crippen LogP contribution in [0.4, 0.5) is 15.0 Å². The predicted octanol–water partition coefficient (Wildman–Crippen LogP) is 6.42. The van der Waals surface area contributed by atoms with Crippen molar-refractivity contribution in [3.05, 3.63) is 83.4 Å². The van der Waals surface area contributed by atoms with Gasteiger partial charge in [0.25, 0.3) is 5.91 Å². The molecule has 5 aromatic rings. The van der Waals surface area contributed by atoms with Gasteiger partial charge in [-0.1, -0.05) is 30.3 Å². The summed E-state index contributed by atoms with van der Waals surface area (Å²) in [5, 5.41) is 10.1. The molecule has 0 bridgehead atoms. The number of carbonyl (C=O) groups is 2. The average Bonchev–Trinajstić information content (AvgIpc) is 3.44.